The van der Waals surface area contributed by atoms with Crippen LogP contribution in [0, 0.1) is 5.41 Å². The highest BCUT2D eigenvalue weighted by atomic mass is 79.9. The van der Waals surface area contributed by atoms with Gasteiger partial charge in [0.15, 0.2) is 0 Å². The summed E-state index contributed by atoms with van der Waals surface area (Å²) < 4.78 is 8.14. The first-order valence-corrected chi connectivity index (χ1v) is 7.83. The van der Waals surface area contributed by atoms with Crippen LogP contribution >= 0.6 is 15.9 Å². The smallest absolute Gasteiger partial charge is 0.0700 e. The highest BCUT2D eigenvalue weighted by Crippen LogP contribution is 2.45. The molecule has 1 aromatic rings. The molecule has 2 rings (SSSR count). The second-order valence-electron chi connectivity index (χ2n) is 5.79. The van der Waals surface area contributed by atoms with Crippen LogP contribution in [0.5, 0.6) is 0 Å². The molecule has 0 aromatic carbocycles. The predicted octanol–water partition coefficient (Wildman–Crippen LogP) is 3.26. The van der Waals surface area contributed by atoms with Crippen molar-refractivity contribution in [2.45, 2.75) is 51.6 Å². The quantitative estimate of drug-likeness (QED) is 0.901. The lowest BCUT2D eigenvalue weighted by Gasteiger charge is -2.39. The number of nitrogens with two attached hydrogens (primary N) is 1. The summed E-state index contributed by atoms with van der Waals surface area (Å²) in [5.74, 6) is 0. The van der Waals surface area contributed by atoms with Gasteiger partial charge >= 0.3 is 0 Å². The van der Waals surface area contributed by atoms with Gasteiger partial charge in [0.2, 0.25) is 0 Å². The number of halogens is 1. The number of rotatable bonds is 5. The van der Waals surface area contributed by atoms with Crippen LogP contribution in [0.25, 0.3) is 0 Å². The molecule has 0 saturated heterocycles. The monoisotopic (exact) mass is 329 g/mol. The lowest BCUT2D eigenvalue weighted by molar-refractivity contribution is 0.155. The zero-order valence-electron chi connectivity index (χ0n) is 11.9. The lowest BCUT2D eigenvalue weighted by Crippen LogP contribution is -2.35. The SMILES string of the molecule is COCCn1ncc(Br)c1C(N)C1(C)CCCCC1. The van der Waals surface area contributed by atoms with Crippen molar-refractivity contribution in [1.82, 2.24) is 9.78 Å². The second-order valence-corrected chi connectivity index (χ2v) is 6.64. The van der Waals surface area contributed by atoms with Gasteiger partial charge in [0, 0.05) is 7.11 Å². The number of hydrogen-bond acceptors (Lipinski definition) is 3. The molecule has 108 valence electrons. The van der Waals surface area contributed by atoms with E-state index in [2.05, 4.69) is 28.0 Å². The van der Waals surface area contributed by atoms with Crippen molar-refractivity contribution in [3.05, 3.63) is 16.4 Å². The van der Waals surface area contributed by atoms with Gasteiger partial charge in [-0.1, -0.05) is 26.2 Å². The Kier molecular flexibility index (Phi) is 5.03. The molecule has 1 aromatic heterocycles. The van der Waals surface area contributed by atoms with Gasteiger partial charge in [-0.05, 0) is 34.2 Å². The molecule has 0 amide bonds. The summed E-state index contributed by atoms with van der Waals surface area (Å²) >= 11 is 3.60. The average molecular weight is 330 g/mol. The molecular weight excluding hydrogens is 306 g/mol. The Hall–Kier alpha value is -0.390. The molecule has 2 N–H and O–H groups in total. The molecule has 1 saturated carbocycles. The van der Waals surface area contributed by atoms with Crippen LogP contribution in [-0.4, -0.2) is 23.5 Å². The highest BCUT2D eigenvalue weighted by Gasteiger charge is 2.36. The van der Waals surface area contributed by atoms with Gasteiger partial charge < -0.3 is 10.5 Å². The number of aromatic nitrogens is 2. The lowest BCUT2D eigenvalue weighted by atomic mass is 9.70. The van der Waals surface area contributed by atoms with E-state index in [9.17, 15) is 0 Å². The Labute approximate surface area is 123 Å². The molecule has 5 heteroatoms. The van der Waals surface area contributed by atoms with Crippen molar-refractivity contribution in [3.63, 3.8) is 0 Å². The fourth-order valence-electron chi connectivity index (χ4n) is 3.04. The van der Waals surface area contributed by atoms with Crippen LogP contribution in [0.3, 0.4) is 0 Å². The van der Waals surface area contributed by atoms with Gasteiger partial charge in [0.1, 0.15) is 0 Å². The van der Waals surface area contributed by atoms with Crippen LogP contribution < -0.4 is 5.73 Å². The molecule has 1 aliphatic rings. The van der Waals surface area contributed by atoms with Crippen molar-refractivity contribution in [2.75, 3.05) is 13.7 Å². The van der Waals surface area contributed by atoms with E-state index in [4.69, 9.17) is 10.5 Å². The Balaban J connectivity index is 2.21. The second kappa shape index (κ2) is 6.37. The highest BCUT2D eigenvalue weighted by molar-refractivity contribution is 9.10. The summed E-state index contributed by atoms with van der Waals surface area (Å²) in [6, 6.07) is 0.0292. The molecule has 0 bridgehead atoms. The van der Waals surface area contributed by atoms with E-state index in [1.807, 2.05) is 10.9 Å². The van der Waals surface area contributed by atoms with Crippen molar-refractivity contribution in [3.8, 4) is 0 Å². The third kappa shape index (κ3) is 3.20. The third-order valence-electron chi connectivity index (χ3n) is 4.38. The largest absolute Gasteiger partial charge is 0.383 e. The van der Waals surface area contributed by atoms with E-state index in [1.165, 1.54) is 32.1 Å². The number of nitrogens with zero attached hydrogens (tertiary/aromatic N) is 2. The molecule has 4 nitrogen and oxygen atoms in total. The predicted molar refractivity (Wildman–Crippen MR) is 79.9 cm³/mol. The van der Waals surface area contributed by atoms with Gasteiger partial charge in [-0.2, -0.15) is 5.10 Å². The normalized spacial score (nSPS) is 20.4. The number of hydrogen-bond donors (Lipinski definition) is 1. The van der Waals surface area contributed by atoms with Crippen molar-refractivity contribution >= 4 is 15.9 Å². The Morgan fingerprint density at radius 3 is 2.79 bits per heavy atom. The van der Waals surface area contributed by atoms with Crippen molar-refractivity contribution in [2.24, 2.45) is 11.1 Å². The first-order valence-electron chi connectivity index (χ1n) is 7.04. The minimum Gasteiger partial charge on any atom is -0.383 e. The van der Waals surface area contributed by atoms with Crippen molar-refractivity contribution in [1.29, 1.82) is 0 Å². The average Bonchev–Trinajstić information content (AvgIpc) is 2.77. The molecule has 1 atom stereocenters. The first-order chi connectivity index (χ1) is 9.08. The maximum Gasteiger partial charge on any atom is 0.0700 e. The fourth-order valence-corrected chi connectivity index (χ4v) is 3.58. The topological polar surface area (TPSA) is 53.1 Å². The van der Waals surface area contributed by atoms with E-state index in [0.717, 1.165) is 16.7 Å². The summed E-state index contributed by atoms with van der Waals surface area (Å²) in [4.78, 5) is 0. The molecule has 0 radical (unpaired) electrons. The van der Waals surface area contributed by atoms with E-state index < -0.39 is 0 Å². The van der Waals surface area contributed by atoms with E-state index in [-0.39, 0.29) is 11.5 Å². The fraction of sp³-hybridized carbons (Fsp3) is 0.786. The Morgan fingerprint density at radius 2 is 2.16 bits per heavy atom. The molecule has 19 heavy (non-hydrogen) atoms. The van der Waals surface area contributed by atoms with Gasteiger partial charge in [-0.25, -0.2) is 0 Å². The summed E-state index contributed by atoms with van der Waals surface area (Å²) in [5, 5.41) is 4.41. The standard InChI is InChI=1S/C14H24BrN3O/c1-14(6-4-3-5-7-14)13(16)12-11(15)10-17-18(12)8-9-19-2/h10,13H,3-9,16H2,1-2H3. The molecule has 0 aliphatic heterocycles. The summed E-state index contributed by atoms with van der Waals surface area (Å²) in [5.41, 5.74) is 7.89. The van der Waals surface area contributed by atoms with Gasteiger partial charge in [0.05, 0.1) is 35.6 Å². The molecular formula is C14H24BrN3O. The molecule has 1 unspecified atom stereocenters. The van der Waals surface area contributed by atoms with Crippen LogP contribution in [-0.2, 0) is 11.3 Å². The van der Waals surface area contributed by atoms with E-state index in [0.29, 0.717) is 6.61 Å². The summed E-state index contributed by atoms with van der Waals surface area (Å²) in [6.07, 6.45) is 8.16. The minimum absolute atomic E-state index is 0.0292. The van der Waals surface area contributed by atoms with Gasteiger partial charge in [-0.15, -0.1) is 0 Å². The molecule has 1 aliphatic carbocycles. The molecule has 0 spiro atoms. The summed E-state index contributed by atoms with van der Waals surface area (Å²) in [7, 11) is 1.71. The maximum atomic E-state index is 6.59. The zero-order valence-corrected chi connectivity index (χ0v) is 13.4. The Bertz CT molecular complexity index is 413. The number of ether oxygens (including phenoxy) is 1. The first kappa shape index (κ1) is 15.0. The van der Waals surface area contributed by atoms with Crippen LogP contribution in [0.15, 0.2) is 10.7 Å². The van der Waals surface area contributed by atoms with Gasteiger partial charge in [-0.3, -0.25) is 4.68 Å². The van der Waals surface area contributed by atoms with E-state index >= 15 is 0 Å². The zero-order chi connectivity index (χ0) is 13.9. The van der Waals surface area contributed by atoms with Gasteiger partial charge in [0.25, 0.3) is 0 Å². The van der Waals surface area contributed by atoms with E-state index in [1.54, 1.807) is 7.11 Å². The summed E-state index contributed by atoms with van der Waals surface area (Å²) in [6.45, 7) is 3.72. The van der Waals surface area contributed by atoms with Crippen LogP contribution in [0.2, 0.25) is 0 Å². The van der Waals surface area contributed by atoms with Crippen LogP contribution in [0.1, 0.15) is 50.8 Å². The van der Waals surface area contributed by atoms with Crippen molar-refractivity contribution < 1.29 is 4.74 Å². The Morgan fingerprint density at radius 1 is 1.47 bits per heavy atom. The molecule has 1 fully saturated rings. The maximum absolute atomic E-state index is 6.59. The number of methoxy groups -OCH3 is 1. The minimum atomic E-state index is 0.0292. The third-order valence-corrected chi connectivity index (χ3v) is 4.99. The van der Waals surface area contributed by atoms with Crippen LogP contribution in [0.4, 0.5) is 0 Å². The molecule has 1 heterocycles.